The average Bonchev–Trinajstić information content (AvgIpc) is 2.78. The summed E-state index contributed by atoms with van der Waals surface area (Å²) in [6.45, 7) is 3.63. The van der Waals surface area contributed by atoms with Gasteiger partial charge in [-0.25, -0.2) is 0 Å². The molecular weight excluding hydrogens is 288 g/mol. The lowest BCUT2D eigenvalue weighted by Crippen LogP contribution is -1.84. The first kappa shape index (κ1) is 18.3. The molecule has 2 aromatic rings. The Hall–Kier alpha value is -2.08. The smallest absolute Gasteiger partial charge is 0.0257 e. The van der Waals surface area contributed by atoms with Crippen molar-refractivity contribution in [3.63, 3.8) is 0 Å². The van der Waals surface area contributed by atoms with Crippen molar-refractivity contribution in [3.8, 4) is 0 Å². The van der Waals surface area contributed by atoms with Crippen LogP contribution in [0.5, 0.6) is 0 Å². The van der Waals surface area contributed by atoms with Gasteiger partial charge >= 0.3 is 0 Å². The van der Waals surface area contributed by atoms with E-state index in [0.717, 1.165) is 0 Å². The molecule has 0 nitrogen and oxygen atoms in total. The van der Waals surface area contributed by atoms with Crippen molar-refractivity contribution in [3.05, 3.63) is 83.9 Å². The van der Waals surface area contributed by atoms with Crippen LogP contribution in [0, 0.1) is 0 Å². The van der Waals surface area contributed by atoms with E-state index in [4.69, 9.17) is 0 Å². The van der Waals surface area contributed by atoms with Gasteiger partial charge in [0.2, 0.25) is 0 Å². The fourth-order valence-corrected chi connectivity index (χ4v) is 3.05. The van der Waals surface area contributed by atoms with Crippen LogP contribution in [0.4, 0.5) is 0 Å². The van der Waals surface area contributed by atoms with E-state index in [-0.39, 0.29) is 0 Å². The van der Waals surface area contributed by atoms with Crippen LogP contribution in [0.2, 0.25) is 0 Å². The van der Waals surface area contributed by atoms with Crippen LogP contribution in [0.1, 0.15) is 62.5 Å². The van der Waals surface area contributed by atoms with Gasteiger partial charge < -0.3 is 0 Å². The summed E-state index contributed by atoms with van der Waals surface area (Å²) in [5.41, 5.74) is 4.21. The van der Waals surface area contributed by atoms with Gasteiger partial charge in [-0.3, -0.25) is 0 Å². The fourth-order valence-electron chi connectivity index (χ4n) is 3.05. The van der Waals surface area contributed by atoms with Crippen molar-refractivity contribution in [2.45, 2.75) is 51.4 Å². The van der Waals surface area contributed by atoms with E-state index < -0.39 is 0 Å². The van der Waals surface area contributed by atoms with Crippen molar-refractivity contribution < 1.29 is 0 Å². The largest absolute Gasteiger partial charge is 0.0985 e. The maximum Gasteiger partial charge on any atom is -0.0257 e. The Bertz CT molecular complexity index is 580. The minimum Gasteiger partial charge on any atom is -0.0985 e. The number of benzene rings is 2. The highest BCUT2D eigenvalue weighted by atomic mass is 14.1. The van der Waals surface area contributed by atoms with Crippen LogP contribution in [-0.2, 0) is 0 Å². The van der Waals surface area contributed by atoms with Gasteiger partial charge in [0, 0.05) is 0 Å². The predicted molar refractivity (Wildman–Crippen MR) is 108 cm³/mol. The van der Waals surface area contributed by atoms with Gasteiger partial charge in [-0.15, -0.1) is 0 Å². The molecule has 126 valence electrons. The molecule has 1 aliphatic carbocycles. The SMILES string of the molecule is C(=C1CCCCCCCC1)c1ccccc1.C=Cc1ccccc1. The first-order valence-corrected chi connectivity index (χ1v) is 9.30. The lowest BCUT2D eigenvalue weighted by molar-refractivity contribution is 0.624. The Balaban J connectivity index is 0.000000219. The van der Waals surface area contributed by atoms with Gasteiger partial charge in [-0.1, -0.05) is 111 Å². The summed E-state index contributed by atoms with van der Waals surface area (Å²) in [6.07, 6.45) is 15.4. The van der Waals surface area contributed by atoms with Crippen molar-refractivity contribution in [1.29, 1.82) is 0 Å². The molecule has 0 N–H and O–H groups in total. The molecule has 0 amide bonds. The number of hydrogen-bond acceptors (Lipinski definition) is 0. The fraction of sp³-hybridized carbons (Fsp3) is 0.333. The molecule has 0 aromatic heterocycles. The van der Waals surface area contributed by atoms with Crippen LogP contribution in [0.3, 0.4) is 0 Å². The molecule has 0 heteroatoms. The maximum atomic E-state index is 3.63. The van der Waals surface area contributed by atoms with Gasteiger partial charge in [0.1, 0.15) is 0 Å². The lowest BCUT2D eigenvalue weighted by atomic mass is 10.0. The highest BCUT2D eigenvalue weighted by Crippen LogP contribution is 2.23. The van der Waals surface area contributed by atoms with E-state index >= 15 is 0 Å². The van der Waals surface area contributed by atoms with Crippen molar-refractivity contribution in [2.75, 3.05) is 0 Å². The summed E-state index contributed by atoms with van der Waals surface area (Å²) < 4.78 is 0. The molecule has 3 rings (SSSR count). The molecule has 1 saturated carbocycles. The Kier molecular flexibility index (Phi) is 8.72. The molecule has 0 heterocycles. The topological polar surface area (TPSA) is 0 Å². The zero-order valence-electron chi connectivity index (χ0n) is 14.8. The zero-order chi connectivity index (χ0) is 16.9. The summed E-state index contributed by atoms with van der Waals surface area (Å²) in [5, 5.41) is 0. The third-order valence-corrected chi connectivity index (χ3v) is 4.45. The van der Waals surface area contributed by atoms with Crippen molar-refractivity contribution in [2.24, 2.45) is 0 Å². The van der Waals surface area contributed by atoms with Crippen LogP contribution in [0.25, 0.3) is 12.2 Å². The van der Waals surface area contributed by atoms with Crippen LogP contribution >= 0.6 is 0 Å². The average molecular weight is 319 g/mol. The molecule has 1 fully saturated rings. The molecule has 2 aromatic carbocycles. The normalized spacial score (nSPS) is 15.1. The van der Waals surface area contributed by atoms with Crippen LogP contribution < -0.4 is 0 Å². The molecule has 0 saturated heterocycles. The summed E-state index contributed by atoms with van der Waals surface area (Å²) >= 11 is 0. The molecule has 0 bridgehead atoms. The molecule has 0 radical (unpaired) electrons. The number of hydrogen-bond donors (Lipinski definition) is 0. The standard InChI is InChI=1S/C16H22.C8H8/c1-2-4-7-11-15(10-6-3-1)14-16-12-8-5-9-13-16;1-2-8-6-4-3-5-7-8/h5,8-9,12-14H,1-4,6-7,10-11H2;2-7H,1H2. The summed E-state index contributed by atoms with van der Waals surface area (Å²) in [6, 6.07) is 20.8. The predicted octanol–water partition coefficient (Wildman–Crippen LogP) is 7.53. The number of rotatable bonds is 2. The second-order valence-electron chi connectivity index (χ2n) is 6.45. The molecule has 0 spiro atoms. The quantitative estimate of drug-likeness (QED) is 0.536. The Labute approximate surface area is 147 Å². The minimum atomic E-state index is 1.17. The highest BCUT2D eigenvalue weighted by molar-refractivity contribution is 5.52. The Morgan fingerprint density at radius 1 is 0.583 bits per heavy atom. The van der Waals surface area contributed by atoms with Crippen molar-refractivity contribution >= 4 is 12.2 Å². The Morgan fingerprint density at radius 3 is 1.50 bits per heavy atom. The molecular formula is C24H30. The molecule has 0 aliphatic heterocycles. The summed E-state index contributed by atoms with van der Waals surface area (Å²) in [5.74, 6) is 0. The Morgan fingerprint density at radius 2 is 1.04 bits per heavy atom. The second kappa shape index (κ2) is 11.5. The van der Waals surface area contributed by atoms with Gasteiger partial charge in [0.25, 0.3) is 0 Å². The third-order valence-electron chi connectivity index (χ3n) is 4.45. The van der Waals surface area contributed by atoms with Gasteiger partial charge in [-0.05, 0) is 36.8 Å². The summed E-state index contributed by atoms with van der Waals surface area (Å²) in [4.78, 5) is 0. The highest BCUT2D eigenvalue weighted by Gasteiger charge is 2.02. The minimum absolute atomic E-state index is 1.17. The van der Waals surface area contributed by atoms with Crippen LogP contribution in [-0.4, -0.2) is 0 Å². The summed E-state index contributed by atoms with van der Waals surface area (Å²) in [7, 11) is 0. The third kappa shape index (κ3) is 7.46. The lowest BCUT2D eigenvalue weighted by Gasteiger charge is -2.05. The van der Waals surface area contributed by atoms with Gasteiger partial charge in [-0.2, -0.15) is 0 Å². The van der Waals surface area contributed by atoms with E-state index in [1.54, 1.807) is 5.57 Å². The zero-order valence-corrected chi connectivity index (χ0v) is 14.8. The first-order valence-electron chi connectivity index (χ1n) is 9.30. The molecule has 24 heavy (non-hydrogen) atoms. The maximum absolute atomic E-state index is 3.63. The first-order chi connectivity index (χ1) is 11.9. The van der Waals surface area contributed by atoms with Crippen molar-refractivity contribution in [1.82, 2.24) is 0 Å². The molecule has 0 atom stereocenters. The van der Waals surface area contributed by atoms with E-state index in [2.05, 4.69) is 43.0 Å². The van der Waals surface area contributed by atoms with Gasteiger partial charge in [0.05, 0.1) is 0 Å². The van der Waals surface area contributed by atoms with E-state index in [1.807, 2.05) is 36.4 Å². The monoisotopic (exact) mass is 318 g/mol. The second-order valence-corrected chi connectivity index (χ2v) is 6.45. The molecule has 0 unspecified atom stereocenters. The van der Waals surface area contributed by atoms with E-state index in [1.165, 1.54) is 62.5 Å². The number of allylic oxidation sites excluding steroid dienone is 1. The van der Waals surface area contributed by atoms with E-state index in [9.17, 15) is 0 Å². The van der Waals surface area contributed by atoms with Gasteiger partial charge in [0.15, 0.2) is 0 Å². The molecule has 1 aliphatic rings. The van der Waals surface area contributed by atoms with Crippen LogP contribution in [0.15, 0.2) is 72.8 Å². The van der Waals surface area contributed by atoms with E-state index in [0.29, 0.717) is 0 Å².